The molecule has 1 heterocycles. The average Bonchev–Trinajstić information content (AvgIpc) is 3.12. The fraction of sp³-hybridized carbons (Fsp3) is 0.364. The van der Waals surface area contributed by atoms with Crippen LogP contribution < -0.4 is 5.32 Å². The van der Waals surface area contributed by atoms with Crippen molar-refractivity contribution in [2.75, 3.05) is 18.4 Å². The number of aryl methyl sites for hydroxylation is 2. The van der Waals surface area contributed by atoms with Crippen LogP contribution in [0.1, 0.15) is 33.0 Å². The summed E-state index contributed by atoms with van der Waals surface area (Å²) in [5.41, 5.74) is 1.06. The molecule has 0 aliphatic rings. The maximum absolute atomic E-state index is 13.7. The fourth-order valence-corrected chi connectivity index (χ4v) is 5.09. The van der Waals surface area contributed by atoms with E-state index in [9.17, 15) is 22.0 Å². The molecule has 172 valence electrons. The quantitative estimate of drug-likeness (QED) is 0.520. The summed E-state index contributed by atoms with van der Waals surface area (Å²) < 4.78 is 56.0. The Morgan fingerprint density at radius 3 is 2.47 bits per heavy atom. The van der Waals surface area contributed by atoms with Crippen LogP contribution in [0, 0.1) is 11.6 Å². The van der Waals surface area contributed by atoms with Gasteiger partial charge in [-0.3, -0.25) is 4.79 Å². The van der Waals surface area contributed by atoms with E-state index in [0.29, 0.717) is 31.0 Å². The molecule has 3 rings (SSSR count). The second kappa shape index (κ2) is 9.74. The second-order valence-corrected chi connectivity index (χ2v) is 9.12. The van der Waals surface area contributed by atoms with E-state index in [2.05, 4.69) is 10.3 Å². The summed E-state index contributed by atoms with van der Waals surface area (Å²) in [6, 6.07) is 7.67. The third-order valence-corrected chi connectivity index (χ3v) is 7.28. The van der Waals surface area contributed by atoms with Crippen LogP contribution in [0.15, 0.2) is 41.3 Å². The van der Waals surface area contributed by atoms with Crippen LogP contribution in [0.3, 0.4) is 0 Å². The molecule has 1 amide bonds. The van der Waals surface area contributed by atoms with Gasteiger partial charge in [0.05, 0.1) is 21.6 Å². The number of sulfonamides is 1. The molecule has 0 spiro atoms. The molecule has 0 unspecified atom stereocenters. The molecule has 0 aliphatic carbocycles. The van der Waals surface area contributed by atoms with Gasteiger partial charge in [-0.1, -0.05) is 13.8 Å². The van der Waals surface area contributed by atoms with Gasteiger partial charge in [0.2, 0.25) is 15.9 Å². The summed E-state index contributed by atoms with van der Waals surface area (Å²) in [7, 11) is -3.62. The molecule has 32 heavy (non-hydrogen) atoms. The molecular formula is C22H26F2N4O3S. The van der Waals surface area contributed by atoms with E-state index in [4.69, 9.17) is 0 Å². The Kier molecular flexibility index (Phi) is 7.25. The zero-order valence-electron chi connectivity index (χ0n) is 18.2. The molecule has 1 aromatic heterocycles. The lowest BCUT2D eigenvalue weighted by Gasteiger charge is -2.18. The molecule has 0 aliphatic heterocycles. The number of carbonyl (C=O) groups is 1. The van der Waals surface area contributed by atoms with Crippen molar-refractivity contribution >= 4 is 32.7 Å². The van der Waals surface area contributed by atoms with Crippen molar-refractivity contribution in [2.24, 2.45) is 0 Å². The number of nitrogens with zero attached hydrogens (tertiary/aromatic N) is 3. The average molecular weight is 465 g/mol. The van der Waals surface area contributed by atoms with Crippen LogP contribution in [0.2, 0.25) is 0 Å². The highest BCUT2D eigenvalue weighted by Crippen LogP contribution is 2.24. The van der Waals surface area contributed by atoms with Gasteiger partial charge >= 0.3 is 0 Å². The van der Waals surface area contributed by atoms with Gasteiger partial charge in [-0.2, -0.15) is 4.31 Å². The highest BCUT2D eigenvalue weighted by Gasteiger charge is 2.23. The van der Waals surface area contributed by atoms with Gasteiger partial charge in [0.1, 0.15) is 17.5 Å². The maximum Gasteiger partial charge on any atom is 0.243 e. The summed E-state index contributed by atoms with van der Waals surface area (Å²) in [5.74, 6) is -1.24. The smallest absolute Gasteiger partial charge is 0.243 e. The number of rotatable bonds is 9. The first-order valence-electron chi connectivity index (χ1n) is 10.4. The maximum atomic E-state index is 13.7. The number of imidazole rings is 1. The zero-order valence-corrected chi connectivity index (χ0v) is 19.0. The van der Waals surface area contributed by atoms with Crippen molar-refractivity contribution in [3.8, 4) is 0 Å². The second-order valence-electron chi connectivity index (χ2n) is 7.18. The molecule has 2 aromatic carbocycles. The third kappa shape index (κ3) is 4.81. The van der Waals surface area contributed by atoms with E-state index >= 15 is 0 Å². The minimum absolute atomic E-state index is 0.00385. The number of nitrogens with one attached hydrogen (secondary N) is 1. The molecule has 0 saturated carbocycles. The molecule has 10 heteroatoms. The van der Waals surface area contributed by atoms with E-state index in [1.54, 1.807) is 32.0 Å². The fourth-order valence-electron chi connectivity index (χ4n) is 3.61. The lowest BCUT2D eigenvalue weighted by atomic mass is 10.2. The van der Waals surface area contributed by atoms with E-state index < -0.39 is 27.6 Å². The number of benzene rings is 2. The summed E-state index contributed by atoms with van der Waals surface area (Å²) in [6.07, 6.45) is 0.257. The molecule has 7 nitrogen and oxygen atoms in total. The normalized spacial score (nSPS) is 11.9. The van der Waals surface area contributed by atoms with Crippen LogP contribution in [-0.4, -0.2) is 41.3 Å². The van der Waals surface area contributed by atoms with Gasteiger partial charge in [-0.25, -0.2) is 22.2 Å². The first-order chi connectivity index (χ1) is 15.2. The lowest BCUT2D eigenvalue weighted by molar-refractivity contribution is -0.116. The number of aromatic nitrogens is 2. The number of amides is 1. The molecule has 0 saturated heterocycles. The third-order valence-electron chi connectivity index (χ3n) is 5.24. The SMILES string of the molecule is CCN(CC)S(=O)(=O)c1ccc2c(c1)nc(CCC(=O)Nc1cc(F)ccc1F)n2CC. The predicted molar refractivity (Wildman–Crippen MR) is 119 cm³/mol. The number of anilines is 1. The van der Waals surface area contributed by atoms with Crippen molar-refractivity contribution in [3.63, 3.8) is 0 Å². The van der Waals surface area contributed by atoms with E-state index in [1.165, 1.54) is 4.31 Å². The van der Waals surface area contributed by atoms with E-state index in [1.807, 2.05) is 11.5 Å². The Morgan fingerprint density at radius 1 is 1.09 bits per heavy atom. The zero-order chi connectivity index (χ0) is 23.5. The van der Waals surface area contributed by atoms with Crippen molar-refractivity contribution < 1.29 is 22.0 Å². The molecule has 0 fully saturated rings. The summed E-state index contributed by atoms with van der Waals surface area (Å²) in [6.45, 7) is 6.80. The Labute approximate surface area is 186 Å². The van der Waals surface area contributed by atoms with Gasteiger partial charge in [0.15, 0.2) is 0 Å². The standard InChI is InChI=1S/C22H26F2N4O3S/c1-4-27(5-2)32(30,31)16-8-10-20-19(14-16)25-21(28(20)6-3)11-12-22(29)26-18-13-15(23)7-9-17(18)24/h7-10,13-14H,4-6,11-12H2,1-3H3,(H,26,29). The number of carbonyl (C=O) groups excluding carboxylic acids is 1. The van der Waals surface area contributed by atoms with E-state index in [-0.39, 0.29) is 23.4 Å². The summed E-state index contributed by atoms with van der Waals surface area (Å²) >= 11 is 0. The van der Waals surface area contributed by atoms with Crippen LogP contribution >= 0.6 is 0 Å². The van der Waals surface area contributed by atoms with Gasteiger partial charge < -0.3 is 9.88 Å². The first kappa shape index (κ1) is 23.8. The predicted octanol–water partition coefficient (Wildman–Crippen LogP) is 3.94. The summed E-state index contributed by atoms with van der Waals surface area (Å²) in [4.78, 5) is 17.0. The van der Waals surface area contributed by atoms with Crippen LogP contribution in [0.4, 0.5) is 14.5 Å². The van der Waals surface area contributed by atoms with Crippen molar-refractivity contribution in [2.45, 2.75) is 45.1 Å². The molecule has 3 aromatic rings. The van der Waals surface area contributed by atoms with Crippen LogP contribution in [0.25, 0.3) is 11.0 Å². The summed E-state index contributed by atoms with van der Waals surface area (Å²) in [5, 5.41) is 2.37. The van der Waals surface area contributed by atoms with Gasteiger partial charge in [-0.15, -0.1) is 0 Å². The highest BCUT2D eigenvalue weighted by molar-refractivity contribution is 7.89. The number of hydrogen-bond donors (Lipinski definition) is 1. The van der Waals surface area contributed by atoms with Crippen molar-refractivity contribution in [3.05, 3.63) is 53.9 Å². The van der Waals surface area contributed by atoms with Crippen molar-refractivity contribution in [1.29, 1.82) is 0 Å². The number of halogens is 2. The van der Waals surface area contributed by atoms with Crippen molar-refractivity contribution in [1.82, 2.24) is 13.9 Å². The van der Waals surface area contributed by atoms with Gasteiger partial charge in [-0.05, 0) is 37.3 Å². The molecule has 0 bridgehead atoms. The Balaban J connectivity index is 1.82. The Bertz CT molecular complexity index is 1240. The van der Waals surface area contributed by atoms with Gasteiger partial charge in [0, 0.05) is 38.5 Å². The number of fused-ring (bicyclic) bond motifs is 1. The Morgan fingerprint density at radius 2 is 1.81 bits per heavy atom. The topological polar surface area (TPSA) is 84.3 Å². The molecule has 1 N–H and O–H groups in total. The molecule has 0 radical (unpaired) electrons. The molecular weight excluding hydrogens is 438 g/mol. The lowest BCUT2D eigenvalue weighted by Crippen LogP contribution is -2.30. The van der Waals surface area contributed by atoms with E-state index in [0.717, 1.165) is 23.7 Å². The minimum atomic E-state index is -3.62. The number of hydrogen-bond acceptors (Lipinski definition) is 4. The minimum Gasteiger partial charge on any atom is -0.328 e. The van der Waals surface area contributed by atoms with Crippen LogP contribution in [-0.2, 0) is 27.8 Å². The Hall–Kier alpha value is -2.85. The highest BCUT2D eigenvalue weighted by atomic mass is 32.2. The van der Waals surface area contributed by atoms with Gasteiger partial charge in [0.25, 0.3) is 0 Å². The molecule has 0 atom stereocenters. The monoisotopic (exact) mass is 464 g/mol. The first-order valence-corrected chi connectivity index (χ1v) is 11.9. The van der Waals surface area contributed by atoms with Crippen LogP contribution in [0.5, 0.6) is 0 Å². The largest absolute Gasteiger partial charge is 0.328 e.